The van der Waals surface area contributed by atoms with Crippen LogP contribution in [0.4, 0.5) is 0 Å². The average molecular weight is 369 g/mol. The number of hydrogen-bond acceptors (Lipinski definition) is 4. The molecule has 3 atom stereocenters. The molecule has 1 amide bonds. The molecule has 1 aliphatic carbocycles. The van der Waals surface area contributed by atoms with Crippen LogP contribution in [-0.4, -0.2) is 47.7 Å². The van der Waals surface area contributed by atoms with Crippen molar-refractivity contribution in [2.45, 2.75) is 57.0 Å². The van der Waals surface area contributed by atoms with E-state index in [9.17, 15) is 13.2 Å². The van der Waals surface area contributed by atoms with Gasteiger partial charge in [-0.05, 0) is 31.1 Å². The molecule has 2 N–H and O–H groups in total. The maximum absolute atomic E-state index is 12.6. The summed E-state index contributed by atoms with van der Waals surface area (Å²) in [5.74, 6) is 1.13. The van der Waals surface area contributed by atoms with Crippen molar-refractivity contribution >= 4 is 15.9 Å². The van der Waals surface area contributed by atoms with E-state index in [4.69, 9.17) is 0 Å². The number of hydrogen-bond donors (Lipinski definition) is 2. The van der Waals surface area contributed by atoms with Crippen LogP contribution >= 0.6 is 0 Å². The van der Waals surface area contributed by atoms with Crippen molar-refractivity contribution in [3.8, 4) is 0 Å². The third-order valence-electron chi connectivity index (χ3n) is 5.95. The summed E-state index contributed by atoms with van der Waals surface area (Å²) in [7, 11) is -3.53. The van der Waals surface area contributed by atoms with Crippen molar-refractivity contribution in [3.05, 3.63) is 12.5 Å². The molecule has 140 valence electrons. The SMILES string of the molecule is C[C@H]1[C@H](C)CCC[C@H]1NC(=O)C1CCN(S(=O)(=O)c2cnc[nH]2)CC1. The first-order valence-electron chi connectivity index (χ1n) is 9.18. The van der Waals surface area contributed by atoms with Crippen LogP contribution in [0.3, 0.4) is 0 Å². The Bertz CT molecular complexity index is 681. The maximum Gasteiger partial charge on any atom is 0.260 e. The highest BCUT2D eigenvalue weighted by Gasteiger charge is 2.35. The highest BCUT2D eigenvalue weighted by atomic mass is 32.2. The van der Waals surface area contributed by atoms with E-state index < -0.39 is 10.0 Å². The zero-order chi connectivity index (χ0) is 18.0. The number of piperidine rings is 1. The van der Waals surface area contributed by atoms with Gasteiger partial charge in [0.1, 0.15) is 0 Å². The summed E-state index contributed by atoms with van der Waals surface area (Å²) in [6.45, 7) is 5.21. The molecular weight excluding hydrogens is 340 g/mol. The average Bonchev–Trinajstić information content (AvgIpc) is 3.14. The Hall–Kier alpha value is -1.41. The summed E-state index contributed by atoms with van der Waals surface area (Å²) in [5, 5.41) is 3.34. The molecule has 0 bridgehead atoms. The number of imidazole rings is 1. The number of H-pyrrole nitrogens is 1. The number of aromatic amines is 1. The second kappa shape index (κ2) is 7.45. The lowest BCUT2D eigenvalue weighted by Crippen LogP contribution is -2.48. The van der Waals surface area contributed by atoms with Gasteiger partial charge in [-0.15, -0.1) is 0 Å². The van der Waals surface area contributed by atoms with Crippen LogP contribution in [0.5, 0.6) is 0 Å². The van der Waals surface area contributed by atoms with E-state index in [2.05, 4.69) is 29.1 Å². The van der Waals surface area contributed by atoms with E-state index in [1.807, 2.05) is 0 Å². The van der Waals surface area contributed by atoms with Crippen molar-refractivity contribution in [1.29, 1.82) is 0 Å². The molecule has 7 nitrogen and oxygen atoms in total. The number of aromatic nitrogens is 2. The molecule has 1 saturated heterocycles. The lowest BCUT2D eigenvalue weighted by Gasteiger charge is -2.36. The zero-order valence-corrected chi connectivity index (χ0v) is 15.8. The fraction of sp³-hybridized carbons (Fsp3) is 0.765. The second-order valence-electron chi connectivity index (χ2n) is 7.48. The molecule has 2 aliphatic rings. The van der Waals surface area contributed by atoms with E-state index in [0.717, 1.165) is 12.8 Å². The summed E-state index contributed by atoms with van der Waals surface area (Å²) < 4.78 is 26.4. The zero-order valence-electron chi connectivity index (χ0n) is 14.9. The lowest BCUT2D eigenvalue weighted by molar-refractivity contribution is -0.127. The van der Waals surface area contributed by atoms with Gasteiger partial charge in [0.2, 0.25) is 5.91 Å². The normalized spacial score (nSPS) is 29.4. The largest absolute Gasteiger partial charge is 0.353 e. The van der Waals surface area contributed by atoms with Crippen molar-refractivity contribution in [2.75, 3.05) is 13.1 Å². The summed E-state index contributed by atoms with van der Waals surface area (Å²) in [5.41, 5.74) is 0. The van der Waals surface area contributed by atoms with Crippen molar-refractivity contribution in [1.82, 2.24) is 19.6 Å². The van der Waals surface area contributed by atoms with E-state index in [1.54, 1.807) is 0 Å². The quantitative estimate of drug-likeness (QED) is 0.846. The molecule has 0 unspecified atom stereocenters. The van der Waals surface area contributed by atoms with E-state index in [-0.39, 0.29) is 22.9 Å². The smallest absolute Gasteiger partial charge is 0.260 e. The highest BCUT2D eigenvalue weighted by molar-refractivity contribution is 7.89. The van der Waals surface area contributed by atoms with Gasteiger partial charge in [0.15, 0.2) is 5.03 Å². The first kappa shape index (κ1) is 18.4. The molecule has 0 aromatic carbocycles. The van der Waals surface area contributed by atoms with Gasteiger partial charge >= 0.3 is 0 Å². The monoisotopic (exact) mass is 368 g/mol. The van der Waals surface area contributed by atoms with Gasteiger partial charge in [-0.25, -0.2) is 13.4 Å². The third-order valence-corrected chi connectivity index (χ3v) is 7.77. The molecular formula is C17H28N4O3S. The summed E-state index contributed by atoms with van der Waals surface area (Å²) in [6, 6.07) is 0.253. The Balaban J connectivity index is 1.54. The number of nitrogens with zero attached hydrogens (tertiary/aromatic N) is 2. The fourth-order valence-electron chi connectivity index (χ4n) is 3.97. The molecule has 1 aromatic heterocycles. The van der Waals surface area contributed by atoms with Gasteiger partial charge in [0, 0.05) is 25.0 Å². The summed E-state index contributed by atoms with van der Waals surface area (Å²) in [6.07, 6.45) is 7.25. The van der Waals surface area contributed by atoms with E-state index in [0.29, 0.717) is 37.8 Å². The highest BCUT2D eigenvalue weighted by Crippen LogP contribution is 2.30. The number of rotatable bonds is 4. The Morgan fingerprint density at radius 2 is 1.96 bits per heavy atom. The van der Waals surface area contributed by atoms with Crippen LogP contribution in [0.15, 0.2) is 17.6 Å². The van der Waals surface area contributed by atoms with Crippen LogP contribution in [0.25, 0.3) is 0 Å². The fourth-order valence-corrected chi connectivity index (χ4v) is 5.33. The molecule has 2 fully saturated rings. The van der Waals surface area contributed by atoms with Gasteiger partial charge in [0.25, 0.3) is 10.0 Å². The Morgan fingerprint density at radius 3 is 2.60 bits per heavy atom. The van der Waals surface area contributed by atoms with Gasteiger partial charge in [-0.1, -0.05) is 26.7 Å². The first-order valence-corrected chi connectivity index (χ1v) is 10.6. The van der Waals surface area contributed by atoms with Crippen molar-refractivity contribution in [3.63, 3.8) is 0 Å². The number of nitrogens with one attached hydrogen (secondary N) is 2. The molecule has 1 saturated carbocycles. The van der Waals surface area contributed by atoms with E-state index >= 15 is 0 Å². The minimum atomic E-state index is -3.53. The standard InChI is InChI=1S/C17H28N4O3S/c1-12-4-3-5-15(13(12)2)20-17(22)14-6-8-21(9-7-14)25(23,24)16-10-18-11-19-16/h10-15H,3-9H2,1-2H3,(H,18,19)(H,20,22)/t12-,13+,15-/m1/s1. The number of sulfonamides is 1. The maximum atomic E-state index is 12.6. The molecule has 25 heavy (non-hydrogen) atoms. The van der Waals surface area contributed by atoms with Crippen LogP contribution in [0, 0.1) is 17.8 Å². The molecule has 1 aliphatic heterocycles. The first-order chi connectivity index (χ1) is 11.9. The minimum Gasteiger partial charge on any atom is -0.353 e. The number of carbonyl (C=O) groups is 1. The molecule has 1 aromatic rings. The van der Waals surface area contributed by atoms with Crippen molar-refractivity contribution in [2.24, 2.45) is 17.8 Å². The van der Waals surface area contributed by atoms with Gasteiger partial charge in [-0.2, -0.15) is 4.31 Å². The molecule has 8 heteroatoms. The Kier molecular flexibility index (Phi) is 5.48. The third kappa shape index (κ3) is 3.89. The molecule has 2 heterocycles. The minimum absolute atomic E-state index is 0.0875. The second-order valence-corrected chi connectivity index (χ2v) is 9.38. The number of carbonyl (C=O) groups excluding carboxylic acids is 1. The van der Waals surface area contributed by atoms with Gasteiger partial charge in [0.05, 0.1) is 12.5 Å². The molecule has 0 spiro atoms. The number of amides is 1. The summed E-state index contributed by atoms with van der Waals surface area (Å²) in [4.78, 5) is 19.0. The predicted molar refractivity (Wildman–Crippen MR) is 94.2 cm³/mol. The Morgan fingerprint density at radius 1 is 1.24 bits per heavy atom. The van der Waals surface area contributed by atoms with Gasteiger partial charge in [-0.3, -0.25) is 4.79 Å². The van der Waals surface area contributed by atoms with E-state index in [1.165, 1.54) is 23.3 Å². The van der Waals surface area contributed by atoms with Crippen LogP contribution in [0.1, 0.15) is 46.0 Å². The topological polar surface area (TPSA) is 95.2 Å². The predicted octanol–water partition coefficient (Wildman–Crippen LogP) is 1.75. The van der Waals surface area contributed by atoms with Crippen LogP contribution in [0.2, 0.25) is 0 Å². The molecule has 3 rings (SSSR count). The lowest BCUT2D eigenvalue weighted by atomic mass is 9.78. The van der Waals surface area contributed by atoms with Crippen molar-refractivity contribution < 1.29 is 13.2 Å². The van der Waals surface area contributed by atoms with Crippen LogP contribution < -0.4 is 5.32 Å². The summed E-state index contributed by atoms with van der Waals surface area (Å²) >= 11 is 0. The van der Waals surface area contributed by atoms with Crippen LogP contribution in [-0.2, 0) is 14.8 Å². The Labute approximate surface area is 149 Å². The van der Waals surface area contributed by atoms with Gasteiger partial charge < -0.3 is 10.3 Å². The molecule has 0 radical (unpaired) electrons.